The van der Waals surface area contributed by atoms with Crippen molar-refractivity contribution >= 4 is 11.9 Å². The molecule has 3 fully saturated rings. The van der Waals surface area contributed by atoms with E-state index in [-0.39, 0.29) is 11.8 Å². The van der Waals surface area contributed by atoms with Crippen LogP contribution in [-0.4, -0.2) is 48.4 Å². The van der Waals surface area contributed by atoms with Gasteiger partial charge in [0.25, 0.3) is 0 Å². The summed E-state index contributed by atoms with van der Waals surface area (Å²) in [5.74, 6) is -2.58. The minimum Gasteiger partial charge on any atom is -0.469 e. The normalized spacial score (nSPS) is 50.0. The number of ether oxygens (including phenoxy) is 4. The molecule has 0 aromatic rings. The summed E-state index contributed by atoms with van der Waals surface area (Å²) in [6.07, 6.45) is 2.59. The van der Waals surface area contributed by atoms with E-state index in [0.717, 1.165) is 0 Å². The lowest BCUT2D eigenvalue weighted by Gasteiger charge is -2.39. The number of rotatable bonds is 1. The maximum atomic E-state index is 12.0. The van der Waals surface area contributed by atoms with Gasteiger partial charge in [0.15, 0.2) is 18.2 Å². The average molecular weight is 308 g/mol. The van der Waals surface area contributed by atoms with E-state index in [1.165, 1.54) is 7.11 Å². The second kappa shape index (κ2) is 4.41. The number of methoxy groups -OCH3 is 1. The summed E-state index contributed by atoms with van der Waals surface area (Å²) >= 11 is 0. The Bertz CT molecular complexity index is 609. The Morgan fingerprint density at radius 1 is 1.45 bits per heavy atom. The Hall–Kier alpha value is -1.70. The molecule has 1 N–H and O–H groups in total. The molecule has 7 nitrogen and oxygen atoms in total. The molecule has 7 heteroatoms. The van der Waals surface area contributed by atoms with Crippen molar-refractivity contribution in [2.24, 2.45) is 17.8 Å². The van der Waals surface area contributed by atoms with E-state index >= 15 is 0 Å². The van der Waals surface area contributed by atoms with Crippen LogP contribution in [0.2, 0.25) is 0 Å². The Labute approximate surface area is 126 Å². The minimum absolute atomic E-state index is 0.366. The zero-order valence-corrected chi connectivity index (χ0v) is 12.1. The van der Waals surface area contributed by atoms with Gasteiger partial charge in [-0.25, -0.2) is 4.79 Å². The number of carbonyl (C=O) groups excluding carboxylic acids is 2. The molecule has 3 aliphatic heterocycles. The first kappa shape index (κ1) is 13.9. The lowest BCUT2D eigenvalue weighted by atomic mass is 9.75. The fraction of sp³-hybridized carbons (Fsp3) is 0.600. The Balaban J connectivity index is 1.76. The van der Waals surface area contributed by atoms with Gasteiger partial charge < -0.3 is 24.1 Å². The zero-order valence-electron chi connectivity index (χ0n) is 12.1. The van der Waals surface area contributed by atoms with E-state index in [9.17, 15) is 14.7 Å². The Morgan fingerprint density at radius 3 is 2.91 bits per heavy atom. The fourth-order valence-electron chi connectivity index (χ4n) is 4.12. The summed E-state index contributed by atoms with van der Waals surface area (Å²) in [7, 11) is 1.26. The van der Waals surface area contributed by atoms with E-state index in [1.807, 2.05) is 0 Å². The molecule has 3 saturated heterocycles. The molecule has 4 rings (SSSR count). The highest BCUT2D eigenvalue weighted by Crippen LogP contribution is 2.59. The Morgan fingerprint density at radius 2 is 2.23 bits per heavy atom. The van der Waals surface area contributed by atoms with Crippen LogP contribution in [0.25, 0.3) is 0 Å². The topological polar surface area (TPSA) is 91.3 Å². The SMILES string of the molecule is C/C=C1\C(=O)OC23C=CC4C(C(=O)OC)C(O)OC(OC12)C43. The van der Waals surface area contributed by atoms with Gasteiger partial charge in [-0.3, -0.25) is 4.79 Å². The first-order chi connectivity index (χ1) is 10.5. The Kier molecular flexibility index (Phi) is 2.79. The summed E-state index contributed by atoms with van der Waals surface area (Å²) in [6, 6.07) is 0. The summed E-state index contributed by atoms with van der Waals surface area (Å²) in [6.45, 7) is 1.74. The predicted molar refractivity (Wildman–Crippen MR) is 70.0 cm³/mol. The molecular formula is C15H16O7. The summed E-state index contributed by atoms with van der Waals surface area (Å²) in [5.41, 5.74) is -0.520. The highest BCUT2D eigenvalue weighted by atomic mass is 16.8. The van der Waals surface area contributed by atoms with Gasteiger partial charge in [-0.15, -0.1) is 0 Å². The quantitative estimate of drug-likeness (QED) is 0.410. The smallest absolute Gasteiger partial charge is 0.337 e. The van der Waals surface area contributed by atoms with Crippen molar-refractivity contribution in [3.05, 3.63) is 23.8 Å². The van der Waals surface area contributed by atoms with Crippen LogP contribution < -0.4 is 0 Å². The van der Waals surface area contributed by atoms with Crippen LogP contribution in [0.3, 0.4) is 0 Å². The highest BCUT2D eigenvalue weighted by molar-refractivity contribution is 5.93. The van der Waals surface area contributed by atoms with E-state index in [4.69, 9.17) is 18.9 Å². The number of esters is 2. The molecule has 7 unspecified atom stereocenters. The van der Waals surface area contributed by atoms with Gasteiger partial charge in [0.2, 0.25) is 0 Å². The number of hydrogen-bond acceptors (Lipinski definition) is 7. The van der Waals surface area contributed by atoms with E-state index in [2.05, 4.69) is 0 Å². The summed E-state index contributed by atoms with van der Waals surface area (Å²) in [4.78, 5) is 24.0. The molecule has 3 heterocycles. The van der Waals surface area contributed by atoms with Crippen LogP contribution in [0, 0.1) is 17.8 Å². The predicted octanol–water partition coefficient (Wildman–Crippen LogP) is -0.107. The number of aliphatic hydroxyl groups excluding tert-OH is 1. The van der Waals surface area contributed by atoms with Crippen molar-refractivity contribution in [2.75, 3.05) is 7.11 Å². The molecule has 0 amide bonds. The van der Waals surface area contributed by atoms with Crippen molar-refractivity contribution < 1.29 is 33.6 Å². The third-order valence-electron chi connectivity index (χ3n) is 5.06. The van der Waals surface area contributed by atoms with E-state index in [0.29, 0.717) is 5.57 Å². The molecule has 7 atom stereocenters. The van der Waals surface area contributed by atoms with Gasteiger partial charge in [0, 0.05) is 5.92 Å². The zero-order chi connectivity index (χ0) is 15.6. The molecule has 1 spiro atoms. The molecule has 0 radical (unpaired) electrons. The van der Waals surface area contributed by atoms with Crippen molar-refractivity contribution in [1.82, 2.24) is 0 Å². The maximum absolute atomic E-state index is 12.0. The third-order valence-corrected chi connectivity index (χ3v) is 5.06. The van der Waals surface area contributed by atoms with E-state index < -0.39 is 42.1 Å². The number of hydrogen-bond donors (Lipinski definition) is 1. The van der Waals surface area contributed by atoms with Gasteiger partial charge >= 0.3 is 11.9 Å². The van der Waals surface area contributed by atoms with Crippen molar-refractivity contribution in [3.8, 4) is 0 Å². The van der Waals surface area contributed by atoms with Crippen molar-refractivity contribution in [1.29, 1.82) is 0 Å². The number of allylic oxidation sites excluding steroid dienone is 2. The first-order valence-electron chi connectivity index (χ1n) is 7.19. The molecule has 0 aromatic heterocycles. The lowest BCUT2D eigenvalue weighted by molar-refractivity contribution is -0.284. The highest BCUT2D eigenvalue weighted by Gasteiger charge is 2.72. The van der Waals surface area contributed by atoms with Crippen molar-refractivity contribution in [3.63, 3.8) is 0 Å². The van der Waals surface area contributed by atoms with Crippen molar-refractivity contribution in [2.45, 2.75) is 31.2 Å². The average Bonchev–Trinajstić information content (AvgIpc) is 3.07. The fourth-order valence-corrected chi connectivity index (χ4v) is 4.12. The molecular weight excluding hydrogens is 292 g/mol. The van der Waals surface area contributed by atoms with Gasteiger partial charge in [0.05, 0.1) is 18.6 Å². The van der Waals surface area contributed by atoms with Crippen LogP contribution in [0.5, 0.6) is 0 Å². The van der Waals surface area contributed by atoms with Gasteiger partial charge in [-0.1, -0.05) is 12.2 Å². The van der Waals surface area contributed by atoms with Gasteiger partial charge in [-0.05, 0) is 13.0 Å². The molecule has 118 valence electrons. The summed E-state index contributed by atoms with van der Waals surface area (Å²) < 4.78 is 21.6. The molecule has 22 heavy (non-hydrogen) atoms. The first-order valence-corrected chi connectivity index (χ1v) is 7.19. The van der Waals surface area contributed by atoms with Gasteiger partial charge in [-0.2, -0.15) is 0 Å². The standard InChI is InChI=1S/C15H16O7/c1-3-6-10-15(22-11(6)16)5-4-7-8(12(17)19-2)13(18)21-14(20-10)9(7)15/h3-5,7-10,13-14,18H,1-2H3/b6-3-. The maximum Gasteiger partial charge on any atom is 0.337 e. The second-order valence-electron chi connectivity index (χ2n) is 5.91. The van der Waals surface area contributed by atoms with Crippen LogP contribution in [0.1, 0.15) is 6.92 Å². The van der Waals surface area contributed by atoms with Crippen LogP contribution in [-0.2, 0) is 28.5 Å². The number of aliphatic hydroxyl groups is 1. The minimum atomic E-state index is -1.32. The summed E-state index contributed by atoms with van der Waals surface area (Å²) in [5, 5.41) is 10.1. The van der Waals surface area contributed by atoms with E-state index in [1.54, 1.807) is 25.2 Å². The largest absolute Gasteiger partial charge is 0.469 e. The lowest BCUT2D eigenvalue weighted by Crippen LogP contribution is -2.52. The number of carbonyl (C=O) groups is 2. The monoisotopic (exact) mass is 308 g/mol. The second-order valence-corrected chi connectivity index (χ2v) is 5.91. The van der Waals surface area contributed by atoms with Gasteiger partial charge in [0.1, 0.15) is 12.0 Å². The van der Waals surface area contributed by atoms with Crippen LogP contribution in [0.15, 0.2) is 23.8 Å². The van der Waals surface area contributed by atoms with Crippen LogP contribution >= 0.6 is 0 Å². The molecule has 1 aliphatic carbocycles. The van der Waals surface area contributed by atoms with Crippen LogP contribution in [0.4, 0.5) is 0 Å². The molecule has 0 aromatic carbocycles. The third kappa shape index (κ3) is 1.46. The molecule has 0 bridgehead atoms. The molecule has 0 saturated carbocycles. The molecule has 4 aliphatic rings.